The van der Waals surface area contributed by atoms with E-state index in [4.69, 9.17) is 0 Å². The third-order valence-electron chi connectivity index (χ3n) is 3.79. The van der Waals surface area contributed by atoms with Crippen molar-refractivity contribution in [3.8, 4) is 0 Å². The van der Waals surface area contributed by atoms with Crippen LogP contribution in [0.1, 0.15) is 30.0 Å². The normalized spacial score (nSPS) is 18.2. The van der Waals surface area contributed by atoms with Gasteiger partial charge in [0.05, 0.1) is 4.90 Å². The molecule has 1 aliphatic carbocycles. The van der Waals surface area contributed by atoms with E-state index in [2.05, 4.69) is 26.7 Å². The summed E-state index contributed by atoms with van der Waals surface area (Å²) in [7, 11) is -3.53. The molecule has 0 saturated heterocycles. The first-order valence-electron chi connectivity index (χ1n) is 6.92. The lowest BCUT2D eigenvalue weighted by Crippen LogP contribution is -2.31. The molecule has 2 aromatic carbocycles. The molecular formula is C16H16BrNO2S. The Kier molecular flexibility index (Phi) is 4.15. The van der Waals surface area contributed by atoms with Gasteiger partial charge in [0, 0.05) is 10.5 Å². The Hall–Kier alpha value is -1.17. The molecule has 0 aliphatic heterocycles. The summed E-state index contributed by atoms with van der Waals surface area (Å²) in [4.78, 5) is 0.285. The van der Waals surface area contributed by atoms with Crippen molar-refractivity contribution >= 4 is 26.0 Å². The molecule has 0 heterocycles. The topological polar surface area (TPSA) is 46.2 Å². The highest BCUT2D eigenvalue weighted by atomic mass is 79.9. The van der Waals surface area contributed by atoms with Gasteiger partial charge in [-0.15, -0.1) is 0 Å². The molecule has 0 fully saturated rings. The predicted molar refractivity (Wildman–Crippen MR) is 86.6 cm³/mol. The molecule has 0 aromatic heterocycles. The molecule has 1 unspecified atom stereocenters. The van der Waals surface area contributed by atoms with Gasteiger partial charge in [-0.3, -0.25) is 0 Å². The first-order valence-corrected chi connectivity index (χ1v) is 9.20. The van der Waals surface area contributed by atoms with Crippen LogP contribution in [0, 0.1) is 0 Å². The number of benzene rings is 2. The Morgan fingerprint density at radius 3 is 2.57 bits per heavy atom. The maximum Gasteiger partial charge on any atom is 0.242 e. The molecule has 5 heteroatoms. The summed E-state index contributed by atoms with van der Waals surface area (Å²) in [6, 6.07) is 14.8. The van der Waals surface area contributed by atoms with Crippen molar-refractivity contribution in [2.45, 2.75) is 30.2 Å². The standard InChI is InChI=1S/C16H16BrNO2S/c17-14-9-3-4-11-16(14)21(19,20)18-15-10-5-7-12-6-1-2-8-13(12)15/h1-4,6,8-9,11,15,18H,5,7,10H2. The van der Waals surface area contributed by atoms with Gasteiger partial charge in [-0.05, 0) is 58.5 Å². The van der Waals surface area contributed by atoms with Gasteiger partial charge in [0.2, 0.25) is 10.0 Å². The van der Waals surface area contributed by atoms with Gasteiger partial charge in [0.1, 0.15) is 0 Å². The van der Waals surface area contributed by atoms with Gasteiger partial charge in [-0.25, -0.2) is 13.1 Å². The molecule has 0 saturated carbocycles. The highest BCUT2D eigenvalue weighted by Crippen LogP contribution is 2.31. The molecule has 1 N–H and O–H groups in total. The molecule has 21 heavy (non-hydrogen) atoms. The van der Waals surface area contributed by atoms with Crippen molar-refractivity contribution < 1.29 is 8.42 Å². The van der Waals surface area contributed by atoms with Crippen molar-refractivity contribution in [1.29, 1.82) is 0 Å². The third-order valence-corrected chi connectivity index (χ3v) is 6.28. The zero-order chi connectivity index (χ0) is 14.9. The Morgan fingerprint density at radius 1 is 1.05 bits per heavy atom. The first-order chi connectivity index (χ1) is 10.1. The Bertz CT molecular complexity index is 758. The van der Waals surface area contributed by atoms with Crippen LogP contribution >= 0.6 is 15.9 Å². The molecule has 3 rings (SSSR count). The minimum atomic E-state index is -3.53. The quantitative estimate of drug-likeness (QED) is 0.898. The number of sulfonamides is 1. The molecule has 1 aliphatic rings. The fourth-order valence-electron chi connectivity index (χ4n) is 2.79. The number of hydrogen-bond donors (Lipinski definition) is 1. The Balaban J connectivity index is 1.93. The van der Waals surface area contributed by atoms with E-state index in [0.29, 0.717) is 4.47 Å². The molecule has 2 aromatic rings. The monoisotopic (exact) mass is 365 g/mol. The van der Waals surface area contributed by atoms with E-state index in [9.17, 15) is 8.42 Å². The maximum atomic E-state index is 12.6. The summed E-state index contributed by atoms with van der Waals surface area (Å²) in [5.74, 6) is 0. The van der Waals surface area contributed by atoms with Crippen molar-refractivity contribution in [2.24, 2.45) is 0 Å². The van der Waals surface area contributed by atoms with Crippen LogP contribution in [0.2, 0.25) is 0 Å². The summed E-state index contributed by atoms with van der Waals surface area (Å²) in [5, 5.41) is 0. The van der Waals surface area contributed by atoms with Crippen LogP contribution in [0.25, 0.3) is 0 Å². The van der Waals surface area contributed by atoms with Crippen molar-refractivity contribution in [2.75, 3.05) is 0 Å². The van der Waals surface area contributed by atoms with Crippen molar-refractivity contribution in [3.05, 3.63) is 64.1 Å². The van der Waals surface area contributed by atoms with Crippen LogP contribution in [0.4, 0.5) is 0 Å². The summed E-state index contributed by atoms with van der Waals surface area (Å²) in [6.07, 6.45) is 2.85. The molecule has 110 valence electrons. The second kappa shape index (κ2) is 5.91. The highest BCUT2D eigenvalue weighted by Gasteiger charge is 2.26. The molecular weight excluding hydrogens is 350 g/mol. The number of hydrogen-bond acceptors (Lipinski definition) is 2. The third kappa shape index (κ3) is 3.05. The summed E-state index contributed by atoms with van der Waals surface area (Å²) < 4.78 is 28.6. The van der Waals surface area contributed by atoms with E-state index in [1.807, 2.05) is 18.2 Å². The van der Waals surface area contributed by atoms with Gasteiger partial charge in [0.15, 0.2) is 0 Å². The number of aryl methyl sites for hydroxylation is 1. The number of nitrogens with one attached hydrogen (secondary N) is 1. The minimum absolute atomic E-state index is 0.146. The van der Waals surface area contributed by atoms with Crippen LogP contribution in [0.3, 0.4) is 0 Å². The van der Waals surface area contributed by atoms with E-state index in [-0.39, 0.29) is 10.9 Å². The van der Waals surface area contributed by atoms with E-state index in [0.717, 1.165) is 24.8 Å². The number of halogens is 1. The lowest BCUT2D eigenvalue weighted by Gasteiger charge is -2.26. The summed E-state index contributed by atoms with van der Waals surface area (Å²) in [5.41, 5.74) is 2.34. The van der Waals surface area contributed by atoms with Crippen LogP contribution in [0.5, 0.6) is 0 Å². The Morgan fingerprint density at radius 2 is 1.76 bits per heavy atom. The number of rotatable bonds is 3. The second-order valence-electron chi connectivity index (χ2n) is 5.20. The van der Waals surface area contributed by atoms with Gasteiger partial charge >= 0.3 is 0 Å². The molecule has 0 radical (unpaired) electrons. The van der Waals surface area contributed by atoms with E-state index in [1.165, 1.54) is 5.56 Å². The molecule has 1 atom stereocenters. The minimum Gasteiger partial charge on any atom is -0.207 e. The van der Waals surface area contributed by atoms with E-state index >= 15 is 0 Å². The summed E-state index contributed by atoms with van der Waals surface area (Å²) >= 11 is 3.31. The fraction of sp³-hybridized carbons (Fsp3) is 0.250. The van der Waals surface area contributed by atoms with Crippen molar-refractivity contribution in [3.63, 3.8) is 0 Å². The summed E-state index contributed by atoms with van der Waals surface area (Å²) in [6.45, 7) is 0. The predicted octanol–water partition coefficient (Wildman–Crippen LogP) is 3.81. The number of fused-ring (bicyclic) bond motifs is 1. The average Bonchev–Trinajstić information content (AvgIpc) is 2.47. The van der Waals surface area contributed by atoms with Crippen LogP contribution in [-0.4, -0.2) is 8.42 Å². The largest absolute Gasteiger partial charge is 0.242 e. The average molecular weight is 366 g/mol. The zero-order valence-electron chi connectivity index (χ0n) is 11.4. The van der Waals surface area contributed by atoms with Crippen molar-refractivity contribution in [1.82, 2.24) is 4.72 Å². The van der Waals surface area contributed by atoms with Crippen LogP contribution < -0.4 is 4.72 Å². The van der Waals surface area contributed by atoms with Crippen LogP contribution in [0.15, 0.2) is 57.9 Å². The van der Waals surface area contributed by atoms with Gasteiger partial charge in [-0.2, -0.15) is 0 Å². The molecule has 0 spiro atoms. The smallest absolute Gasteiger partial charge is 0.207 e. The van der Waals surface area contributed by atoms with Gasteiger partial charge in [-0.1, -0.05) is 36.4 Å². The highest BCUT2D eigenvalue weighted by molar-refractivity contribution is 9.10. The lowest BCUT2D eigenvalue weighted by atomic mass is 9.88. The van der Waals surface area contributed by atoms with E-state index in [1.54, 1.807) is 24.3 Å². The second-order valence-corrected chi connectivity index (χ2v) is 7.73. The maximum absolute atomic E-state index is 12.6. The van der Waals surface area contributed by atoms with Gasteiger partial charge in [0.25, 0.3) is 0 Å². The van der Waals surface area contributed by atoms with Gasteiger partial charge < -0.3 is 0 Å². The molecule has 0 amide bonds. The van der Waals surface area contributed by atoms with E-state index < -0.39 is 10.0 Å². The SMILES string of the molecule is O=S(=O)(NC1CCCc2ccccc21)c1ccccc1Br. The zero-order valence-corrected chi connectivity index (χ0v) is 13.8. The molecule has 3 nitrogen and oxygen atoms in total. The molecule has 0 bridgehead atoms. The fourth-order valence-corrected chi connectivity index (χ4v) is 5.04. The lowest BCUT2D eigenvalue weighted by molar-refractivity contribution is 0.507. The first kappa shape index (κ1) is 14.8. The van der Waals surface area contributed by atoms with Crippen LogP contribution in [-0.2, 0) is 16.4 Å². The Labute approximate surface area is 133 Å².